The molecule has 2 N–H and O–H groups in total. The van der Waals surface area contributed by atoms with Gasteiger partial charge in [0.05, 0.1) is 5.39 Å². The van der Waals surface area contributed by atoms with E-state index in [-0.39, 0.29) is 6.10 Å². The van der Waals surface area contributed by atoms with Crippen molar-refractivity contribution in [1.82, 2.24) is 9.97 Å². The lowest BCUT2D eigenvalue weighted by molar-refractivity contribution is 0.0236. The first-order valence-corrected chi connectivity index (χ1v) is 8.12. The molecule has 4 nitrogen and oxygen atoms in total. The van der Waals surface area contributed by atoms with Crippen molar-refractivity contribution in [2.24, 2.45) is 5.92 Å². The van der Waals surface area contributed by atoms with Gasteiger partial charge in [-0.15, -0.1) is 11.3 Å². The van der Waals surface area contributed by atoms with Crippen LogP contribution in [-0.4, -0.2) is 16.6 Å². The molecule has 0 bridgehead atoms. The molecule has 108 valence electrons. The molecule has 3 rings (SSSR count). The molecule has 1 aliphatic carbocycles. The van der Waals surface area contributed by atoms with Crippen molar-refractivity contribution >= 4 is 27.4 Å². The van der Waals surface area contributed by atoms with E-state index in [1.54, 1.807) is 11.3 Å². The van der Waals surface area contributed by atoms with Crippen LogP contribution in [0, 0.1) is 5.92 Å². The maximum atomic E-state index is 6.21. The maximum Gasteiger partial charge on any atom is 0.161 e. The molecular formula is C15H21N3OS. The van der Waals surface area contributed by atoms with Crippen molar-refractivity contribution in [2.75, 3.05) is 12.3 Å². The summed E-state index contributed by atoms with van der Waals surface area (Å²) in [5, 5.41) is 1.09. The minimum atomic E-state index is -0.0800. The Kier molecular flexibility index (Phi) is 3.65. The van der Waals surface area contributed by atoms with Crippen LogP contribution >= 0.6 is 11.3 Å². The first-order chi connectivity index (χ1) is 9.61. The van der Waals surface area contributed by atoms with Crippen molar-refractivity contribution in [3.63, 3.8) is 0 Å². The fourth-order valence-electron chi connectivity index (χ4n) is 2.91. The maximum absolute atomic E-state index is 6.21. The molecule has 1 atom stereocenters. The summed E-state index contributed by atoms with van der Waals surface area (Å²) in [6, 6.07) is 0. The zero-order chi connectivity index (χ0) is 14.3. The van der Waals surface area contributed by atoms with Gasteiger partial charge in [0.1, 0.15) is 16.8 Å². The Morgan fingerprint density at radius 1 is 1.30 bits per heavy atom. The van der Waals surface area contributed by atoms with Gasteiger partial charge in [0, 0.05) is 11.5 Å². The molecule has 0 aromatic carbocycles. The molecule has 0 radical (unpaired) electrons. The average Bonchev–Trinajstić information content (AvgIpc) is 2.94. The van der Waals surface area contributed by atoms with E-state index in [0.717, 1.165) is 28.9 Å². The van der Waals surface area contributed by atoms with Gasteiger partial charge in [-0.2, -0.15) is 0 Å². The number of hydrogen-bond acceptors (Lipinski definition) is 5. The summed E-state index contributed by atoms with van der Waals surface area (Å²) in [6.45, 7) is 6.90. The first kappa shape index (κ1) is 13.8. The lowest BCUT2D eigenvalue weighted by Crippen LogP contribution is -2.15. The van der Waals surface area contributed by atoms with Gasteiger partial charge in [-0.25, -0.2) is 9.97 Å². The predicted molar refractivity (Wildman–Crippen MR) is 83.1 cm³/mol. The number of hydrogen-bond donors (Lipinski definition) is 1. The van der Waals surface area contributed by atoms with Crippen LogP contribution in [0.2, 0.25) is 0 Å². The van der Waals surface area contributed by atoms with Gasteiger partial charge in [0.25, 0.3) is 0 Å². The molecule has 2 heterocycles. The number of aromatic nitrogens is 2. The number of aryl methyl sites for hydroxylation is 2. The highest BCUT2D eigenvalue weighted by atomic mass is 32.1. The Morgan fingerprint density at radius 2 is 2.10 bits per heavy atom. The Hall–Kier alpha value is -1.20. The zero-order valence-corrected chi connectivity index (χ0v) is 13.1. The number of nitrogens with two attached hydrogens (primary N) is 1. The van der Waals surface area contributed by atoms with E-state index in [1.165, 1.54) is 16.9 Å². The van der Waals surface area contributed by atoms with Crippen LogP contribution in [0.4, 0.5) is 5.82 Å². The summed E-state index contributed by atoms with van der Waals surface area (Å²) in [7, 11) is 0. The van der Waals surface area contributed by atoms with Crippen LogP contribution in [0.3, 0.4) is 0 Å². The summed E-state index contributed by atoms with van der Waals surface area (Å²) < 4.78 is 5.79. The summed E-state index contributed by atoms with van der Waals surface area (Å²) >= 11 is 1.78. The van der Waals surface area contributed by atoms with Gasteiger partial charge >= 0.3 is 0 Å². The van der Waals surface area contributed by atoms with Crippen molar-refractivity contribution in [3.8, 4) is 0 Å². The van der Waals surface area contributed by atoms with Crippen LogP contribution < -0.4 is 5.73 Å². The molecule has 2 aromatic rings. The van der Waals surface area contributed by atoms with Crippen LogP contribution in [0.5, 0.6) is 0 Å². The molecule has 20 heavy (non-hydrogen) atoms. The quantitative estimate of drug-likeness (QED) is 0.936. The fraction of sp³-hybridized carbons (Fsp3) is 0.600. The number of nitrogens with zero attached hydrogens (tertiary/aromatic N) is 2. The number of rotatable bonds is 4. The predicted octanol–water partition coefficient (Wildman–Crippen LogP) is 3.50. The summed E-state index contributed by atoms with van der Waals surface area (Å²) in [6.07, 6.45) is 3.42. The minimum Gasteiger partial charge on any atom is -0.383 e. The lowest BCUT2D eigenvalue weighted by Gasteiger charge is -2.19. The van der Waals surface area contributed by atoms with E-state index in [4.69, 9.17) is 15.5 Å². The van der Waals surface area contributed by atoms with Gasteiger partial charge in [0.15, 0.2) is 5.82 Å². The first-order valence-electron chi connectivity index (χ1n) is 7.31. The zero-order valence-electron chi connectivity index (χ0n) is 12.3. The monoisotopic (exact) mass is 291 g/mol. The number of thiophene rings is 1. The Bertz CT molecular complexity index is 636. The molecule has 0 spiro atoms. The minimum absolute atomic E-state index is 0.0800. The largest absolute Gasteiger partial charge is 0.383 e. The Morgan fingerprint density at radius 3 is 2.80 bits per heavy atom. The lowest BCUT2D eigenvalue weighted by atomic mass is 10.1. The Balaban J connectivity index is 2.10. The topological polar surface area (TPSA) is 61.0 Å². The third-order valence-electron chi connectivity index (χ3n) is 3.82. The highest BCUT2D eigenvalue weighted by Gasteiger charge is 2.25. The van der Waals surface area contributed by atoms with Crippen LogP contribution in [-0.2, 0) is 17.6 Å². The van der Waals surface area contributed by atoms with Gasteiger partial charge in [-0.3, -0.25) is 0 Å². The molecular weight excluding hydrogens is 270 g/mol. The van der Waals surface area contributed by atoms with Gasteiger partial charge in [0.2, 0.25) is 0 Å². The second kappa shape index (κ2) is 5.30. The molecule has 0 saturated carbocycles. The Labute approximate surface area is 123 Å². The highest BCUT2D eigenvalue weighted by molar-refractivity contribution is 7.19. The second-order valence-corrected chi connectivity index (χ2v) is 6.71. The third kappa shape index (κ3) is 2.19. The van der Waals surface area contributed by atoms with E-state index in [1.807, 2.05) is 6.92 Å². The highest BCUT2D eigenvalue weighted by Crippen LogP contribution is 2.39. The number of anilines is 1. The van der Waals surface area contributed by atoms with Crippen LogP contribution in [0.15, 0.2) is 0 Å². The van der Waals surface area contributed by atoms with Crippen molar-refractivity contribution in [2.45, 2.75) is 46.1 Å². The third-order valence-corrected chi connectivity index (χ3v) is 5.00. The summed E-state index contributed by atoms with van der Waals surface area (Å²) in [5.74, 6) is 1.68. The fourth-order valence-corrected chi connectivity index (χ4v) is 4.19. The summed E-state index contributed by atoms with van der Waals surface area (Å²) in [4.78, 5) is 11.8. The molecule has 0 fully saturated rings. The normalized spacial score (nSPS) is 16.0. The standard InChI is InChI=1S/C15H21N3OS/c1-4-19-12(8(2)3)14-17-13(16)11-9-6-5-7-10(9)20-15(11)18-14/h8,12H,4-7H2,1-3H3,(H2,16,17,18). The van der Waals surface area contributed by atoms with Gasteiger partial charge < -0.3 is 10.5 Å². The van der Waals surface area contributed by atoms with Crippen molar-refractivity contribution in [3.05, 3.63) is 16.3 Å². The number of ether oxygens (including phenoxy) is 1. The van der Waals surface area contributed by atoms with E-state index >= 15 is 0 Å². The molecule has 1 aliphatic rings. The summed E-state index contributed by atoms with van der Waals surface area (Å²) in [5.41, 5.74) is 7.59. The van der Waals surface area contributed by atoms with E-state index in [9.17, 15) is 0 Å². The van der Waals surface area contributed by atoms with Gasteiger partial charge in [-0.05, 0) is 37.7 Å². The van der Waals surface area contributed by atoms with Crippen molar-refractivity contribution < 1.29 is 4.74 Å². The molecule has 0 amide bonds. The van der Waals surface area contributed by atoms with E-state index in [2.05, 4.69) is 18.8 Å². The molecule has 1 unspecified atom stereocenters. The molecule has 0 saturated heterocycles. The van der Waals surface area contributed by atoms with E-state index < -0.39 is 0 Å². The van der Waals surface area contributed by atoms with Gasteiger partial charge in [-0.1, -0.05) is 13.8 Å². The van der Waals surface area contributed by atoms with Crippen LogP contribution in [0.25, 0.3) is 10.2 Å². The number of fused-ring (bicyclic) bond motifs is 3. The van der Waals surface area contributed by atoms with Crippen molar-refractivity contribution in [1.29, 1.82) is 0 Å². The molecule has 2 aromatic heterocycles. The van der Waals surface area contributed by atoms with Crippen LogP contribution in [0.1, 0.15) is 49.6 Å². The molecule has 5 heteroatoms. The number of nitrogen functional groups attached to an aromatic ring is 1. The smallest absolute Gasteiger partial charge is 0.161 e. The average molecular weight is 291 g/mol. The molecule has 0 aliphatic heterocycles. The SMILES string of the molecule is CCOC(c1nc(N)c2c3c(sc2n1)CCC3)C(C)C. The van der Waals surface area contributed by atoms with E-state index in [0.29, 0.717) is 18.3 Å². The second-order valence-electron chi connectivity index (χ2n) is 5.62.